The van der Waals surface area contributed by atoms with Crippen LogP contribution in [0.1, 0.15) is 30.1 Å². The van der Waals surface area contributed by atoms with Gasteiger partial charge in [0.15, 0.2) is 0 Å². The fraction of sp³-hybridized carbons (Fsp3) is 0.333. The number of rotatable bonds is 3. The molecule has 1 N–H and O–H groups in total. The zero-order chi connectivity index (χ0) is 18.1. The molecule has 2 atom stereocenters. The number of aromatic nitrogens is 2. The molecule has 0 saturated carbocycles. The molecule has 2 aromatic carbocycles. The fourth-order valence-electron chi connectivity index (χ4n) is 3.71. The van der Waals surface area contributed by atoms with E-state index < -0.39 is 0 Å². The first-order valence-corrected chi connectivity index (χ1v) is 9.11. The first-order valence-electron chi connectivity index (χ1n) is 9.11. The van der Waals surface area contributed by atoms with Crippen LogP contribution in [0.4, 0.5) is 0 Å². The quantitative estimate of drug-likeness (QED) is 0.790. The van der Waals surface area contributed by atoms with Gasteiger partial charge in [0.25, 0.3) is 5.91 Å². The summed E-state index contributed by atoms with van der Waals surface area (Å²) in [5.41, 5.74) is 3.66. The van der Waals surface area contributed by atoms with Gasteiger partial charge in [0.2, 0.25) is 0 Å². The molecule has 1 fully saturated rings. The molecule has 26 heavy (non-hydrogen) atoms. The molecule has 2 unspecified atom stereocenters. The number of piperidine rings is 1. The summed E-state index contributed by atoms with van der Waals surface area (Å²) in [7, 11) is 0. The molecule has 2 heterocycles. The molecule has 1 saturated heterocycles. The van der Waals surface area contributed by atoms with Gasteiger partial charge in [-0.3, -0.25) is 9.36 Å². The number of aliphatic hydroxyl groups excluding tert-OH is 1. The third-order valence-electron chi connectivity index (χ3n) is 5.34. The topological polar surface area (TPSA) is 58.4 Å². The number of fused-ring (bicyclic) bond motifs is 1. The highest BCUT2D eigenvalue weighted by atomic mass is 16.3. The zero-order valence-electron chi connectivity index (χ0n) is 14.9. The van der Waals surface area contributed by atoms with Crippen LogP contribution >= 0.6 is 0 Å². The minimum Gasteiger partial charge on any atom is -0.396 e. The Kier molecular flexibility index (Phi) is 4.47. The van der Waals surface area contributed by atoms with Gasteiger partial charge in [-0.1, -0.05) is 12.1 Å². The summed E-state index contributed by atoms with van der Waals surface area (Å²) >= 11 is 0. The molecule has 134 valence electrons. The van der Waals surface area contributed by atoms with E-state index in [1.807, 2.05) is 58.0 Å². The lowest BCUT2D eigenvalue weighted by molar-refractivity contribution is 0.0489. The number of para-hydroxylation sites is 2. The van der Waals surface area contributed by atoms with Crippen LogP contribution in [0.15, 0.2) is 54.9 Å². The van der Waals surface area contributed by atoms with E-state index in [4.69, 9.17) is 0 Å². The first kappa shape index (κ1) is 16.8. The van der Waals surface area contributed by atoms with Gasteiger partial charge < -0.3 is 10.0 Å². The predicted octanol–water partition coefficient (Wildman–Crippen LogP) is 3.26. The number of nitrogens with zero attached hydrogens (tertiary/aromatic N) is 3. The molecule has 0 radical (unpaired) electrons. The Morgan fingerprint density at radius 2 is 1.92 bits per heavy atom. The van der Waals surface area contributed by atoms with Crippen molar-refractivity contribution in [3.8, 4) is 5.69 Å². The van der Waals surface area contributed by atoms with E-state index in [-0.39, 0.29) is 24.5 Å². The van der Waals surface area contributed by atoms with Crippen molar-refractivity contribution in [1.82, 2.24) is 14.5 Å². The lowest BCUT2D eigenvalue weighted by atomic mass is 9.93. The number of benzene rings is 2. The van der Waals surface area contributed by atoms with Crippen molar-refractivity contribution in [2.45, 2.75) is 25.8 Å². The van der Waals surface area contributed by atoms with Gasteiger partial charge in [-0.05, 0) is 62.1 Å². The maximum Gasteiger partial charge on any atom is 0.254 e. The van der Waals surface area contributed by atoms with Gasteiger partial charge in [0, 0.05) is 30.4 Å². The molecular weight excluding hydrogens is 326 g/mol. The Morgan fingerprint density at radius 3 is 2.69 bits per heavy atom. The standard InChI is InChI=1S/C21H23N3O2/c1-15-6-7-16(13-25)12-23(15)21(26)17-8-10-18(11-9-17)24-14-22-19-4-2-3-5-20(19)24/h2-5,8-11,14-16,25H,6-7,12-13H2,1H3. The molecule has 1 aliphatic heterocycles. The lowest BCUT2D eigenvalue weighted by Gasteiger charge is -2.37. The van der Waals surface area contributed by atoms with Gasteiger partial charge in [0.05, 0.1) is 11.0 Å². The predicted molar refractivity (Wildman–Crippen MR) is 101 cm³/mol. The smallest absolute Gasteiger partial charge is 0.254 e. The molecule has 1 aliphatic rings. The van der Waals surface area contributed by atoms with E-state index in [9.17, 15) is 9.90 Å². The lowest BCUT2D eigenvalue weighted by Crippen LogP contribution is -2.46. The fourth-order valence-corrected chi connectivity index (χ4v) is 3.71. The summed E-state index contributed by atoms with van der Waals surface area (Å²) < 4.78 is 2.02. The summed E-state index contributed by atoms with van der Waals surface area (Å²) in [6, 6.07) is 15.9. The normalized spacial score (nSPS) is 20.5. The summed E-state index contributed by atoms with van der Waals surface area (Å²) in [6.45, 7) is 2.85. The Balaban J connectivity index is 1.58. The number of amides is 1. The van der Waals surface area contributed by atoms with E-state index >= 15 is 0 Å². The van der Waals surface area contributed by atoms with E-state index in [1.165, 1.54) is 0 Å². The Labute approximate surface area is 152 Å². The summed E-state index contributed by atoms with van der Waals surface area (Å²) in [5, 5.41) is 9.43. The van der Waals surface area contributed by atoms with Crippen molar-refractivity contribution >= 4 is 16.9 Å². The van der Waals surface area contributed by atoms with E-state index in [0.29, 0.717) is 12.1 Å². The van der Waals surface area contributed by atoms with Crippen molar-refractivity contribution < 1.29 is 9.90 Å². The van der Waals surface area contributed by atoms with Crippen LogP contribution in [-0.2, 0) is 0 Å². The van der Waals surface area contributed by atoms with E-state index in [0.717, 1.165) is 29.6 Å². The van der Waals surface area contributed by atoms with Crippen molar-refractivity contribution in [2.24, 2.45) is 5.92 Å². The number of imidazole rings is 1. The molecule has 3 aromatic rings. The third-order valence-corrected chi connectivity index (χ3v) is 5.34. The monoisotopic (exact) mass is 349 g/mol. The molecule has 1 amide bonds. The Hall–Kier alpha value is -2.66. The molecule has 0 aliphatic carbocycles. The Bertz CT molecular complexity index is 916. The van der Waals surface area contributed by atoms with Crippen LogP contribution in [0.3, 0.4) is 0 Å². The first-order chi connectivity index (χ1) is 12.7. The second kappa shape index (κ2) is 6.92. The van der Waals surface area contributed by atoms with Crippen LogP contribution in [0, 0.1) is 5.92 Å². The number of hydrogen-bond acceptors (Lipinski definition) is 3. The molecule has 0 bridgehead atoms. The number of carbonyl (C=O) groups is 1. The summed E-state index contributed by atoms with van der Waals surface area (Å²) in [5.74, 6) is 0.226. The van der Waals surface area contributed by atoms with Gasteiger partial charge in [0.1, 0.15) is 6.33 Å². The average Bonchev–Trinajstić information content (AvgIpc) is 3.12. The average molecular weight is 349 g/mol. The molecule has 0 spiro atoms. The van der Waals surface area contributed by atoms with Crippen LogP contribution in [0.25, 0.3) is 16.7 Å². The summed E-state index contributed by atoms with van der Waals surface area (Å²) in [4.78, 5) is 19.2. The maximum absolute atomic E-state index is 12.9. The number of likely N-dealkylation sites (tertiary alicyclic amines) is 1. The number of carbonyl (C=O) groups excluding carboxylic acids is 1. The molecule has 5 nitrogen and oxygen atoms in total. The molecule has 4 rings (SSSR count). The van der Waals surface area contributed by atoms with Crippen molar-refractivity contribution in [2.75, 3.05) is 13.2 Å². The highest BCUT2D eigenvalue weighted by Gasteiger charge is 2.29. The second-order valence-electron chi connectivity index (χ2n) is 7.08. The van der Waals surface area contributed by atoms with Crippen molar-refractivity contribution in [1.29, 1.82) is 0 Å². The zero-order valence-corrected chi connectivity index (χ0v) is 14.9. The minimum atomic E-state index is 0.0395. The van der Waals surface area contributed by atoms with Gasteiger partial charge in [-0.15, -0.1) is 0 Å². The van der Waals surface area contributed by atoms with E-state index in [1.54, 1.807) is 6.33 Å². The van der Waals surface area contributed by atoms with Crippen LogP contribution in [0.2, 0.25) is 0 Å². The largest absolute Gasteiger partial charge is 0.396 e. The van der Waals surface area contributed by atoms with E-state index in [2.05, 4.69) is 11.9 Å². The maximum atomic E-state index is 12.9. The number of hydrogen-bond donors (Lipinski definition) is 1. The Morgan fingerprint density at radius 1 is 1.15 bits per heavy atom. The highest BCUT2D eigenvalue weighted by molar-refractivity contribution is 5.94. The van der Waals surface area contributed by atoms with Gasteiger partial charge in [-0.2, -0.15) is 0 Å². The van der Waals surface area contributed by atoms with Crippen LogP contribution in [-0.4, -0.2) is 44.7 Å². The van der Waals surface area contributed by atoms with Gasteiger partial charge >= 0.3 is 0 Å². The summed E-state index contributed by atoms with van der Waals surface area (Å²) in [6.07, 6.45) is 3.73. The van der Waals surface area contributed by atoms with Crippen LogP contribution < -0.4 is 0 Å². The highest BCUT2D eigenvalue weighted by Crippen LogP contribution is 2.24. The number of aliphatic hydroxyl groups is 1. The third kappa shape index (κ3) is 2.99. The van der Waals surface area contributed by atoms with Crippen molar-refractivity contribution in [3.63, 3.8) is 0 Å². The molecular formula is C21H23N3O2. The molecule has 5 heteroatoms. The minimum absolute atomic E-state index is 0.0395. The van der Waals surface area contributed by atoms with Gasteiger partial charge in [-0.25, -0.2) is 4.98 Å². The molecule has 1 aromatic heterocycles. The SMILES string of the molecule is CC1CCC(CO)CN1C(=O)c1ccc(-n2cnc3ccccc32)cc1. The second-order valence-corrected chi connectivity index (χ2v) is 7.08. The van der Waals surface area contributed by atoms with Crippen molar-refractivity contribution in [3.05, 3.63) is 60.4 Å². The van der Waals surface area contributed by atoms with Crippen LogP contribution in [0.5, 0.6) is 0 Å².